The van der Waals surface area contributed by atoms with Crippen molar-refractivity contribution in [2.45, 2.75) is 0 Å². The first-order chi connectivity index (χ1) is 11.7. The number of nitrogen functional groups attached to an aromatic ring is 1. The number of aromatic nitrogens is 2. The fraction of sp³-hybridized carbons (Fsp3) is 0. The molecule has 0 radical (unpaired) electrons. The number of rotatable bonds is 2. The lowest BCUT2D eigenvalue weighted by Gasteiger charge is -2.09. The van der Waals surface area contributed by atoms with Crippen LogP contribution in [0.4, 0.5) is 5.82 Å². The van der Waals surface area contributed by atoms with Gasteiger partial charge >= 0.3 is 0 Å². The third kappa shape index (κ3) is 2.49. The highest BCUT2D eigenvalue weighted by atomic mass is 16.1. The molecule has 6 nitrogen and oxygen atoms in total. The molecular formula is C18H11N5O. The summed E-state index contributed by atoms with van der Waals surface area (Å²) >= 11 is 0. The molecule has 6 heteroatoms. The second-order valence-corrected chi connectivity index (χ2v) is 5.01. The van der Waals surface area contributed by atoms with Crippen molar-refractivity contribution in [1.29, 1.82) is 10.5 Å². The summed E-state index contributed by atoms with van der Waals surface area (Å²) in [7, 11) is 0. The van der Waals surface area contributed by atoms with E-state index in [1.807, 2.05) is 42.5 Å². The number of benzene rings is 1. The monoisotopic (exact) mass is 313 g/mol. The molecule has 3 aromatic rings. The van der Waals surface area contributed by atoms with Crippen molar-refractivity contribution in [2.75, 3.05) is 5.73 Å². The number of nitrogens with two attached hydrogens (primary N) is 1. The van der Waals surface area contributed by atoms with Gasteiger partial charge in [-0.1, -0.05) is 30.3 Å². The van der Waals surface area contributed by atoms with Crippen molar-refractivity contribution in [3.63, 3.8) is 0 Å². The van der Waals surface area contributed by atoms with Gasteiger partial charge < -0.3 is 10.7 Å². The molecule has 0 saturated carbocycles. The molecular weight excluding hydrogens is 302 g/mol. The first-order valence-electron chi connectivity index (χ1n) is 7.03. The Bertz CT molecular complexity index is 1040. The van der Waals surface area contributed by atoms with Crippen LogP contribution in [0.25, 0.3) is 22.4 Å². The van der Waals surface area contributed by atoms with Gasteiger partial charge in [-0.15, -0.1) is 0 Å². The number of nitriles is 2. The fourth-order valence-electron chi connectivity index (χ4n) is 2.47. The lowest BCUT2D eigenvalue weighted by Crippen LogP contribution is -2.16. The molecule has 3 N–H and O–H groups in total. The molecule has 2 aromatic heterocycles. The predicted octanol–water partition coefficient (Wildman–Crippen LogP) is 2.43. The average Bonchev–Trinajstić information content (AvgIpc) is 2.62. The van der Waals surface area contributed by atoms with Crippen molar-refractivity contribution >= 4 is 5.82 Å². The smallest absolute Gasteiger partial charge is 0.268 e. The van der Waals surface area contributed by atoms with Gasteiger partial charge in [0.1, 0.15) is 29.1 Å². The normalized spacial score (nSPS) is 9.92. The zero-order valence-corrected chi connectivity index (χ0v) is 12.4. The van der Waals surface area contributed by atoms with E-state index >= 15 is 0 Å². The SMILES string of the molecule is N#Cc1c(N)[nH]c(=O)c(C#N)c1-c1ccc(-c2ccccn2)cc1. The minimum absolute atomic E-state index is 0.0506. The first kappa shape index (κ1) is 15.0. The number of hydrogen-bond donors (Lipinski definition) is 2. The molecule has 0 spiro atoms. The van der Waals surface area contributed by atoms with Crippen molar-refractivity contribution in [1.82, 2.24) is 9.97 Å². The highest BCUT2D eigenvalue weighted by Gasteiger charge is 2.18. The summed E-state index contributed by atoms with van der Waals surface area (Å²) in [5.41, 5.74) is 7.55. The molecule has 2 heterocycles. The molecule has 0 fully saturated rings. The number of aromatic amines is 1. The Morgan fingerprint density at radius 3 is 2.21 bits per heavy atom. The van der Waals surface area contributed by atoms with Gasteiger partial charge in [-0.2, -0.15) is 10.5 Å². The maximum atomic E-state index is 11.9. The van der Waals surface area contributed by atoms with Gasteiger partial charge in [-0.05, 0) is 17.7 Å². The predicted molar refractivity (Wildman–Crippen MR) is 89.6 cm³/mol. The number of anilines is 1. The van der Waals surface area contributed by atoms with Crippen molar-refractivity contribution in [2.24, 2.45) is 0 Å². The van der Waals surface area contributed by atoms with Crippen LogP contribution in [0.3, 0.4) is 0 Å². The molecule has 0 aliphatic rings. The van der Waals surface area contributed by atoms with Crippen LogP contribution >= 0.6 is 0 Å². The number of hydrogen-bond acceptors (Lipinski definition) is 5. The van der Waals surface area contributed by atoms with Gasteiger partial charge in [0, 0.05) is 17.3 Å². The molecule has 0 aliphatic heterocycles. The Morgan fingerprint density at radius 2 is 1.62 bits per heavy atom. The molecule has 0 unspecified atom stereocenters. The van der Waals surface area contributed by atoms with Crippen LogP contribution in [0, 0.1) is 22.7 Å². The molecule has 0 aliphatic carbocycles. The van der Waals surface area contributed by atoms with Gasteiger partial charge in [0.25, 0.3) is 5.56 Å². The Hall–Kier alpha value is -3.90. The lowest BCUT2D eigenvalue weighted by atomic mass is 9.95. The Labute approximate surface area is 137 Å². The first-order valence-corrected chi connectivity index (χ1v) is 7.03. The van der Waals surface area contributed by atoms with Gasteiger partial charge in [0.2, 0.25) is 0 Å². The van der Waals surface area contributed by atoms with Gasteiger partial charge in [0.15, 0.2) is 0 Å². The topological polar surface area (TPSA) is 119 Å². The van der Waals surface area contributed by atoms with Crippen LogP contribution in [0.5, 0.6) is 0 Å². The van der Waals surface area contributed by atoms with Gasteiger partial charge in [-0.25, -0.2) is 0 Å². The van der Waals surface area contributed by atoms with E-state index in [4.69, 9.17) is 5.73 Å². The molecule has 0 bridgehead atoms. The second kappa shape index (κ2) is 6.07. The third-order valence-corrected chi connectivity index (χ3v) is 3.60. The maximum Gasteiger partial charge on any atom is 0.268 e. The zero-order chi connectivity index (χ0) is 17.1. The molecule has 0 atom stereocenters. The second-order valence-electron chi connectivity index (χ2n) is 5.01. The molecule has 24 heavy (non-hydrogen) atoms. The molecule has 1 aromatic carbocycles. The van der Waals surface area contributed by atoms with E-state index in [1.54, 1.807) is 18.3 Å². The van der Waals surface area contributed by atoms with Crippen LogP contribution in [-0.4, -0.2) is 9.97 Å². The molecule has 114 valence electrons. The summed E-state index contributed by atoms with van der Waals surface area (Å²) < 4.78 is 0. The third-order valence-electron chi connectivity index (χ3n) is 3.60. The van der Waals surface area contributed by atoms with Gasteiger partial charge in [0.05, 0.1) is 5.69 Å². The summed E-state index contributed by atoms with van der Waals surface area (Å²) in [6, 6.07) is 16.5. The van der Waals surface area contributed by atoms with Crippen LogP contribution in [-0.2, 0) is 0 Å². The summed E-state index contributed by atoms with van der Waals surface area (Å²) in [6.45, 7) is 0. The molecule has 0 saturated heterocycles. The molecule has 0 amide bonds. The zero-order valence-electron chi connectivity index (χ0n) is 12.4. The highest BCUT2D eigenvalue weighted by Crippen LogP contribution is 2.29. The van der Waals surface area contributed by atoms with Gasteiger partial charge in [-0.3, -0.25) is 9.78 Å². The van der Waals surface area contributed by atoms with E-state index in [2.05, 4.69) is 9.97 Å². The van der Waals surface area contributed by atoms with E-state index in [0.29, 0.717) is 5.56 Å². The van der Waals surface area contributed by atoms with E-state index in [1.165, 1.54) is 0 Å². The number of pyridine rings is 2. The molecule has 3 rings (SSSR count). The fourth-order valence-corrected chi connectivity index (χ4v) is 2.47. The highest BCUT2D eigenvalue weighted by molar-refractivity contribution is 5.81. The summed E-state index contributed by atoms with van der Waals surface area (Å²) in [5, 5.41) is 18.6. The quantitative estimate of drug-likeness (QED) is 0.753. The number of nitrogens with one attached hydrogen (secondary N) is 1. The Kier molecular flexibility index (Phi) is 3.80. The van der Waals surface area contributed by atoms with Crippen LogP contribution < -0.4 is 11.3 Å². The largest absolute Gasteiger partial charge is 0.384 e. The minimum atomic E-state index is -0.613. The van der Waals surface area contributed by atoms with E-state index < -0.39 is 5.56 Å². The maximum absolute atomic E-state index is 11.9. The lowest BCUT2D eigenvalue weighted by molar-refractivity contribution is 1.21. The van der Waals surface area contributed by atoms with E-state index in [0.717, 1.165) is 11.3 Å². The van der Waals surface area contributed by atoms with Crippen LogP contribution in [0.15, 0.2) is 53.5 Å². The van der Waals surface area contributed by atoms with Crippen molar-refractivity contribution < 1.29 is 0 Å². The van der Waals surface area contributed by atoms with Crippen molar-refractivity contribution in [3.8, 4) is 34.5 Å². The average molecular weight is 313 g/mol. The summed E-state index contributed by atoms with van der Waals surface area (Å²) in [5.74, 6) is -0.0506. The minimum Gasteiger partial charge on any atom is -0.384 e. The Balaban J connectivity index is 2.19. The van der Waals surface area contributed by atoms with E-state index in [9.17, 15) is 15.3 Å². The summed E-state index contributed by atoms with van der Waals surface area (Å²) in [6.07, 6.45) is 1.70. The van der Waals surface area contributed by atoms with E-state index in [-0.39, 0.29) is 22.5 Å². The Morgan fingerprint density at radius 1 is 0.958 bits per heavy atom. The summed E-state index contributed by atoms with van der Waals surface area (Å²) in [4.78, 5) is 18.5. The van der Waals surface area contributed by atoms with Crippen molar-refractivity contribution in [3.05, 3.63) is 70.1 Å². The van der Waals surface area contributed by atoms with Crippen LogP contribution in [0.1, 0.15) is 11.1 Å². The number of H-pyrrole nitrogens is 1. The standard InChI is InChI=1S/C18H11N5O/c19-9-13-16(14(10-20)18(24)23-17(13)21)12-6-4-11(5-7-12)15-3-1-2-8-22-15/h1-8H,(H3,21,23,24). The van der Waals surface area contributed by atoms with Crippen LogP contribution in [0.2, 0.25) is 0 Å². The number of nitrogens with zero attached hydrogens (tertiary/aromatic N) is 3.